The van der Waals surface area contributed by atoms with Crippen LogP contribution >= 0.6 is 0 Å². The SMILES string of the molecule is CCOC(=O)C(Cc1ccc(CN(CCO)CCO)cc1)NC(=O)OC(C)(C)C. The van der Waals surface area contributed by atoms with Crippen molar-refractivity contribution in [3.8, 4) is 0 Å². The van der Waals surface area contributed by atoms with Gasteiger partial charge in [-0.05, 0) is 38.8 Å². The number of esters is 1. The Labute approximate surface area is 172 Å². The van der Waals surface area contributed by atoms with Gasteiger partial charge < -0.3 is 25.0 Å². The first-order valence-corrected chi connectivity index (χ1v) is 9.86. The molecule has 0 bridgehead atoms. The van der Waals surface area contributed by atoms with E-state index in [4.69, 9.17) is 19.7 Å². The maximum Gasteiger partial charge on any atom is 0.408 e. The Balaban J connectivity index is 2.79. The van der Waals surface area contributed by atoms with E-state index < -0.39 is 23.7 Å². The normalized spacial score (nSPS) is 12.5. The Morgan fingerprint density at radius 3 is 2.10 bits per heavy atom. The summed E-state index contributed by atoms with van der Waals surface area (Å²) in [7, 11) is 0. The average Bonchev–Trinajstić information content (AvgIpc) is 2.62. The smallest absolute Gasteiger partial charge is 0.408 e. The zero-order valence-corrected chi connectivity index (χ0v) is 17.8. The van der Waals surface area contributed by atoms with Crippen LogP contribution in [0.2, 0.25) is 0 Å². The fraction of sp³-hybridized carbons (Fsp3) is 0.619. The highest BCUT2D eigenvalue weighted by molar-refractivity contribution is 5.81. The number of carbonyl (C=O) groups excluding carboxylic acids is 2. The molecule has 8 nitrogen and oxygen atoms in total. The summed E-state index contributed by atoms with van der Waals surface area (Å²) < 4.78 is 10.3. The Morgan fingerprint density at radius 1 is 1.07 bits per heavy atom. The molecule has 0 aliphatic rings. The van der Waals surface area contributed by atoms with Gasteiger partial charge in [-0.15, -0.1) is 0 Å². The van der Waals surface area contributed by atoms with Crippen molar-refractivity contribution >= 4 is 12.1 Å². The molecule has 3 N–H and O–H groups in total. The molecule has 1 unspecified atom stereocenters. The summed E-state index contributed by atoms with van der Waals surface area (Å²) in [6, 6.07) is 6.76. The van der Waals surface area contributed by atoms with Gasteiger partial charge in [0, 0.05) is 26.1 Å². The monoisotopic (exact) mass is 410 g/mol. The molecule has 0 radical (unpaired) electrons. The first-order valence-electron chi connectivity index (χ1n) is 9.86. The zero-order valence-electron chi connectivity index (χ0n) is 17.8. The number of carbonyl (C=O) groups is 2. The molecule has 8 heteroatoms. The molecule has 164 valence electrons. The van der Waals surface area contributed by atoms with Crippen LogP contribution in [0.25, 0.3) is 0 Å². The number of nitrogens with one attached hydrogen (secondary N) is 1. The average molecular weight is 411 g/mol. The van der Waals surface area contributed by atoms with E-state index in [1.807, 2.05) is 29.2 Å². The Kier molecular flexibility index (Phi) is 10.6. The number of nitrogens with zero attached hydrogens (tertiary/aromatic N) is 1. The molecule has 1 rings (SSSR count). The standard InChI is InChI=1S/C21H34N2O6/c1-5-28-19(26)18(22-20(27)29-21(2,3)4)14-16-6-8-17(9-7-16)15-23(10-12-24)11-13-25/h6-9,18,24-25H,5,10-15H2,1-4H3,(H,22,27). The van der Waals surface area contributed by atoms with Gasteiger partial charge in [0.05, 0.1) is 19.8 Å². The van der Waals surface area contributed by atoms with E-state index in [1.54, 1.807) is 27.7 Å². The van der Waals surface area contributed by atoms with Gasteiger partial charge in [-0.3, -0.25) is 4.90 Å². The minimum Gasteiger partial charge on any atom is -0.464 e. The van der Waals surface area contributed by atoms with Crippen LogP contribution in [0.5, 0.6) is 0 Å². The van der Waals surface area contributed by atoms with Crippen molar-refractivity contribution < 1.29 is 29.3 Å². The number of benzene rings is 1. The molecule has 0 fully saturated rings. The van der Waals surface area contributed by atoms with E-state index in [2.05, 4.69) is 5.32 Å². The van der Waals surface area contributed by atoms with Crippen LogP contribution in [-0.2, 0) is 27.2 Å². The van der Waals surface area contributed by atoms with Gasteiger partial charge in [0.15, 0.2) is 0 Å². The van der Waals surface area contributed by atoms with Crippen molar-refractivity contribution in [2.75, 3.05) is 32.9 Å². The van der Waals surface area contributed by atoms with Crippen molar-refractivity contribution in [1.29, 1.82) is 0 Å². The van der Waals surface area contributed by atoms with Crippen molar-refractivity contribution in [2.45, 2.75) is 52.3 Å². The first kappa shape index (κ1) is 24.9. The minimum absolute atomic E-state index is 0.0235. The van der Waals surface area contributed by atoms with Crippen LogP contribution in [0, 0.1) is 0 Å². The second kappa shape index (κ2) is 12.4. The Bertz CT molecular complexity index is 621. The summed E-state index contributed by atoms with van der Waals surface area (Å²) in [6.07, 6.45) is -0.397. The fourth-order valence-corrected chi connectivity index (χ4v) is 2.71. The number of aliphatic hydroxyl groups excluding tert-OH is 2. The van der Waals surface area contributed by atoms with Crippen LogP contribution in [-0.4, -0.2) is 71.7 Å². The van der Waals surface area contributed by atoms with E-state index in [0.29, 0.717) is 19.6 Å². The van der Waals surface area contributed by atoms with Crippen LogP contribution in [0.3, 0.4) is 0 Å². The van der Waals surface area contributed by atoms with Gasteiger partial charge in [0.25, 0.3) is 0 Å². The van der Waals surface area contributed by atoms with E-state index in [1.165, 1.54) is 0 Å². The van der Waals surface area contributed by atoms with Crippen LogP contribution in [0.1, 0.15) is 38.8 Å². The number of aliphatic hydroxyl groups is 2. The van der Waals surface area contributed by atoms with Gasteiger partial charge in [-0.25, -0.2) is 9.59 Å². The molecule has 0 aliphatic carbocycles. The molecule has 0 saturated heterocycles. The molecule has 1 amide bonds. The second-order valence-corrected chi connectivity index (χ2v) is 7.69. The Hall–Kier alpha value is -2.16. The van der Waals surface area contributed by atoms with E-state index in [0.717, 1.165) is 11.1 Å². The Morgan fingerprint density at radius 2 is 1.62 bits per heavy atom. The van der Waals surface area contributed by atoms with Crippen molar-refractivity contribution in [3.05, 3.63) is 35.4 Å². The summed E-state index contributed by atoms with van der Waals surface area (Å²) in [4.78, 5) is 26.3. The molecule has 1 aromatic carbocycles. The number of ether oxygens (including phenoxy) is 2. The largest absolute Gasteiger partial charge is 0.464 e. The molecule has 0 heterocycles. The number of alkyl carbamates (subject to hydrolysis) is 1. The third-order valence-corrected chi connectivity index (χ3v) is 3.96. The minimum atomic E-state index is -0.851. The second-order valence-electron chi connectivity index (χ2n) is 7.69. The summed E-state index contributed by atoms with van der Waals surface area (Å²) in [5.41, 5.74) is 1.21. The third-order valence-electron chi connectivity index (χ3n) is 3.96. The first-order chi connectivity index (χ1) is 13.7. The molecule has 0 aliphatic heterocycles. The maximum atomic E-state index is 12.3. The third kappa shape index (κ3) is 10.3. The van der Waals surface area contributed by atoms with Crippen molar-refractivity contribution in [2.24, 2.45) is 0 Å². The lowest BCUT2D eigenvalue weighted by Crippen LogP contribution is -2.45. The number of rotatable bonds is 11. The molecule has 0 spiro atoms. The summed E-state index contributed by atoms with van der Waals surface area (Å²) in [6.45, 7) is 8.78. The van der Waals surface area contributed by atoms with Gasteiger partial charge in [-0.1, -0.05) is 24.3 Å². The number of amides is 1. The molecule has 29 heavy (non-hydrogen) atoms. The van der Waals surface area contributed by atoms with Crippen molar-refractivity contribution in [1.82, 2.24) is 10.2 Å². The van der Waals surface area contributed by atoms with Gasteiger partial charge >= 0.3 is 12.1 Å². The zero-order chi connectivity index (χ0) is 21.9. The predicted molar refractivity (Wildman–Crippen MR) is 109 cm³/mol. The van der Waals surface area contributed by atoms with Crippen LogP contribution < -0.4 is 5.32 Å². The lowest BCUT2D eigenvalue weighted by molar-refractivity contribution is -0.145. The molecule has 0 saturated carbocycles. The number of hydrogen-bond donors (Lipinski definition) is 3. The summed E-state index contributed by atoms with van der Waals surface area (Å²) in [5.74, 6) is -0.514. The van der Waals surface area contributed by atoms with Gasteiger partial charge in [-0.2, -0.15) is 0 Å². The highest BCUT2D eigenvalue weighted by Gasteiger charge is 2.25. The molecule has 1 atom stereocenters. The maximum absolute atomic E-state index is 12.3. The topological polar surface area (TPSA) is 108 Å². The van der Waals surface area contributed by atoms with E-state index in [9.17, 15) is 9.59 Å². The highest BCUT2D eigenvalue weighted by Crippen LogP contribution is 2.12. The highest BCUT2D eigenvalue weighted by atomic mass is 16.6. The van der Waals surface area contributed by atoms with Crippen LogP contribution in [0.4, 0.5) is 4.79 Å². The molecular weight excluding hydrogens is 376 g/mol. The van der Waals surface area contributed by atoms with Gasteiger partial charge in [0.1, 0.15) is 11.6 Å². The molecular formula is C21H34N2O6. The van der Waals surface area contributed by atoms with E-state index in [-0.39, 0.29) is 26.2 Å². The fourth-order valence-electron chi connectivity index (χ4n) is 2.71. The lowest BCUT2D eigenvalue weighted by Gasteiger charge is -2.23. The van der Waals surface area contributed by atoms with E-state index >= 15 is 0 Å². The quantitative estimate of drug-likeness (QED) is 0.474. The summed E-state index contributed by atoms with van der Waals surface area (Å²) >= 11 is 0. The van der Waals surface area contributed by atoms with Crippen LogP contribution in [0.15, 0.2) is 24.3 Å². The lowest BCUT2D eigenvalue weighted by atomic mass is 10.0. The molecule has 1 aromatic rings. The van der Waals surface area contributed by atoms with Crippen molar-refractivity contribution in [3.63, 3.8) is 0 Å². The summed E-state index contributed by atoms with van der Waals surface area (Å²) in [5, 5.41) is 20.8. The predicted octanol–water partition coefficient (Wildman–Crippen LogP) is 1.47. The number of hydrogen-bond acceptors (Lipinski definition) is 7. The van der Waals surface area contributed by atoms with Gasteiger partial charge in [0.2, 0.25) is 0 Å². The molecule has 0 aromatic heterocycles.